The van der Waals surface area contributed by atoms with Gasteiger partial charge in [0.15, 0.2) is 0 Å². The fraction of sp³-hybridized carbons (Fsp3) is 0.882. The Labute approximate surface area is 129 Å². The van der Waals surface area contributed by atoms with Crippen LogP contribution in [0.2, 0.25) is 0 Å². The van der Waals surface area contributed by atoms with Gasteiger partial charge in [-0.25, -0.2) is 0 Å². The van der Waals surface area contributed by atoms with Crippen LogP contribution in [-0.2, 0) is 19.1 Å². The van der Waals surface area contributed by atoms with Crippen molar-refractivity contribution in [2.24, 2.45) is 0 Å². The number of hydrogen-bond acceptors (Lipinski definition) is 4. The van der Waals surface area contributed by atoms with Crippen LogP contribution in [0.5, 0.6) is 0 Å². The maximum atomic E-state index is 11.7. The normalized spacial score (nSPS) is 12.0. The molecule has 1 atom stereocenters. The van der Waals surface area contributed by atoms with E-state index in [0.29, 0.717) is 25.9 Å². The molecule has 0 saturated heterocycles. The molecule has 0 bridgehead atoms. The van der Waals surface area contributed by atoms with E-state index in [1.54, 1.807) is 0 Å². The summed E-state index contributed by atoms with van der Waals surface area (Å²) >= 11 is 0. The second-order valence-electron chi connectivity index (χ2n) is 5.44. The fourth-order valence-corrected chi connectivity index (χ4v) is 2.01. The lowest BCUT2D eigenvalue weighted by Gasteiger charge is -2.15. The van der Waals surface area contributed by atoms with Gasteiger partial charge in [0.1, 0.15) is 6.10 Å². The highest BCUT2D eigenvalue weighted by Gasteiger charge is 2.12. The summed E-state index contributed by atoms with van der Waals surface area (Å²) in [5.41, 5.74) is 0. The first-order valence-electron chi connectivity index (χ1n) is 8.49. The lowest BCUT2D eigenvalue weighted by molar-refractivity contribution is -0.150. The molecule has 0 aromatic heterocycles. The molecule has 4 heteroatoms. The van der Waals surface area contributed by atoms with E-state index in [1.165, 1.54) is 0 Å². The fourth-order valence-electron chi connectivity index (χ4n) is 2.01. The zero-order valence-electron chi connectivity index (χ0n) is 14.0. The molecule has 0 rings (SSSR count). The molecule has 0 aromatic carbocycles. The van der Waals surface area contributed by atoms with Crippen molar-refractivity contribution in [3.8, 4) is 0 Å². The molecule has 0 aliphatic heterocycles. The Kier molecular flexibility index (Phi) is 13.2. The van der Waals surface area contributed by atoms with Gasteiger partial charge >= 0.3 is 11.9 Å². The van der Waals surface area contributed by atoms with E-state index < -0.39 is 0 Å². The number of esters is 2. The Bertz CT molecular complexity index is 276. The van der Waals surface area contributed by atoms with Crippen LogP contribution in [0.3, 0.4) is 0 Å². The minimum Gasteiger partial charge on any atom is -0.466 e. The van der Waals surface area contributed by atoms with Crippen molar-refractivity contribution in [3.05, 3.63) is 0 Å². The van der Waals surface area contributed by atoms with Gasteiger partial charge in [0.05, 0.1) is 6.61 Å². The average Bonchev–Trinajstić information content (AvgIpc) is 2.48. The first-order valence-corrected chi connectivity index (χ1v) is 8.49. The minimum atomic E-state index is -0.211. The molecule has 0 heterocycles. The number of rotatable bonds is 13. The quantitative estimate of drug-likeness (QED) is 0.373. The van der Waals surface area contributed by atoms with Gasteiger partial charge in [-0.2, -0.15) is 0 Å². The van der Waals surface area contributed by atoms with Gasteiger partial charge in [-0.15, -0.1) is 0 Å². The highest BCUT2D eigenvalue weighted by Crippen LogP contribution is 2.11. The Balaban J connectivity index is 3.65. The molecule has 0 saturated carbocycles. The Hall–Kier alpha value is -1.06. The average molecular weight is 300 g/mol. The summed E-state index contributed by atoms with van der Waals surface area (Å²) < 4.78 is 10.5. The van der Waals surface area contributed by atoms with E-state index in [9.17, 15) is 9.59 Å². The van der Waals surface area contributed by atoms with E-state index in [2.05, 4.69) is 13.8 Å². The smallest absolute Gasteiger partial charge is 0.306 e. The van der Waals surface area contributed by atoms with Crippen LogP contribution in [0.4, 0.5) is 0 Å². The number of unbranched alkanes of at least 4 members (excludes halogenated alkanes) is 3. The van der Waals surface area contributed by atoms with Crippen LogP contribution in [0.1, 0.15) is 85.0 Å². The van der Waals surface area contributed by atoms with Gasteiger partial charge < -0.3 is 9.47 Å². The molecule has 0 aromatic rings. The third-order valence-corrected chi connectivity index (χ3v) is 3.41. The summed E-state index contributed by atoms with van der Waals surface area (Å²) in [6.07, 6.45) is 8.21. The summed E-state index contributed by atoms with van der Waals surface area (Å²) in [7, 11) is 0. The number of carbonyl (C=O) groups excluding carboxylic acids is 2. The van der Waals surface area contributed by atoms with E-state index in [1.807, 2.05) is 6.92 Å². The van der Waals surface area contributed by atoms with Crippen LogP contribution in [0.25, 0.3) is 0 Å². The Morgan fingerprint density at radius 1 is 0.857 bits per heavy atom. The maximum absolute atomic E-state index is 11.7. The molecule has 0 fully saturated rings. The Morgan fingerprint density at radius 3 is 2.14 bits per heavy atom. The molecule has 4 nitrogen and oxygen atoms in total. The van der Waals surface area contributed by atoms with E-state index in [0.717, 1.165) is 44.9 Å². The van der Waals surface area contributed by atoms with Crippen LogP contribution in [0, 0.1) is 0 Å². The maximum Gasteiger partial charge on any atom is 0.306 e. The molecule has 0 N–H and O–H groups in total. The van der Waals surface area contributed by atoms with Crippen molar-refractivity contribution >= 4 is 11.9 Å². The molecule has 1 unspecified atom stereocenters. The lowest BCUT2D eigenvalue weighted by atomic mass is 10.1. The van der Waals surface area contributed by atoms with Gasteiger partial charge in [0, 0.05) is 12.8 Å². The highest BCUT2D eigenvalue weighted by atomic mass is 16.5. The summed E-state index contributed by atoms with van der Waals surface area (Å²) in [5, 5.41) is 0. The zero-order chi connectivity index (χ0) is 15.9. The third kappa shape index (κ3) is 12.4. The molecule has 124 valence electrons. The second kappa shape index (κ2) is 13.9. The SMILES string of the molecule is CCCCCOC(=O)CCCC(=O)OC(CC)CCCC. The van der Waals surface area contributed by atoms with Crippen molar-refractivity contribution in [1.29, 1.82) is 0 Å². The summed E-state index contributed by atoms with van der Waals surface area (Å²) in [6, 6.07) is 0. The molecule has 21 heavy (non-hydrogen) atoms. The second-order valence-corrected chi connectivity index (χ2v) is 5.44. The predicted molar refractivity (Wildman–Crippen MR) is 84.0 cm³/mol. The molecule has 0 spiro atoms. The molecule has 0 radical (unpaired) electrons. The lowest BCUT2D eigenvalue weighted by Crippen LogP contribution is -2.17. The van der Waals surface area contributed by atoms with Gasteiger partial charge in [-0.05, 0) is 25.7 Å². The summed E-state index contributed by atoms with van der Waals surface area (Å²) in [5.74, 6) is -0.409. The van der Waals surface area contributed by atoms with Crippen LogP contribution >= 0.6 is 0 Å². The zero-order valence-corrected chi connectivity index (χ0v) is 14.0. The van der Waals surface area contributed by atoms with E-state index in [-0.39, 0.29) is 18.0 Å². The molecule has 0 aliphatic rings. The summed E-state index contributed by atoms with van der Waals surface area (Å²) in [4.78, 5) is 23.1. The van der Waals surface area contributed by atoms with Gasteiger partial charge in [0.25, 0.3) is 0 Å². The topological polar surface area (TPSA) is 52.6 Å². The molecule has 0 amide bonds. The monoisotopic (exact) mass is 300 g/mol. The van der Waals surface area contributed by atoms with Gasteiger partial charge in [0.2, 0.25) is 0 Å². The summed E-state index contributed by atoms with van der Waals surface area (Å²) in [6.45, 7) is 6.76. The van der Waals surface area contributed by atoms with E-state index in [4.69, 9.17) is 9.47 Å². The molecular weight excluding hydrogens is 268 g/mol. The van der Waals surface area contributed by atoms with Gasteiger partial charge in [-0.1, -0.05) is 46.5 Å². The standard InChI is InChI=1S/C17H32O4/c1-4-7-9-14-20-16(18)12-10-13-17(19)21-15(6-3)11-8-5-2/h15H,4-14H2,1-3H3. The predicted octanol–water partition coefficient (Wildman–Crippen LogP) is 4.40. The highest BCUT2D eigenvalue weighted by molar-refractivity contribution is 5.72. The van der Waals surface area contributed by atoms with Crippen molar-refractivity contribution < 1.29 is 19.1 Å². The van der Waals surface area contributed by atoms with Crippen molar-refractivity contribution in [2.75, 3.05) is 6.61 Å². The minimum absolute atomic E-state index is 0.0263. The molecule has 0 aliphatic carbocycles. The molecular formula is C17H32O4. The number of carbonyl (C=O) groups is 2. The van der Waals surface area contributed by atoms with Crippen molar-refractivity contribution in [1.82, 2.24) is 0 Å². The van der Waals surface area contributed by atoms with Crippen molar-refractivity contribution in [2.45, 2.75) is 91.1 Å². The van der Waals surface area contributed by atoms with Crippen LogP contribution in [0.15, 0.2) is 0 Å². The number of hydrogen-bond donors (Lipinski definition) is 0. The largest absolute Gasteiger partial charge is 0.466 e. The first-order chi connectivity index (χ1) is 10.1. The third-order valence-electron chi connectivity index (χ3n) is 3.41. The Morgan fingerprint density at radius 2 is 1.52 bits per heavy atom. The van der Waals surface area contributed by atoms with Crippen LogP contribution < -0.4 is 0 Å². The van der Waals surface area contributed by atoms with Crippen molar-refractivity contribution in [3.63, 3.8) is 0 Å². The van der Waals surface area contributed by atoms with E-state index >= 15 is 0 Å². The van der Waals surface area contributed by atoms with Gasteiger partial charge in [-0.3, -0.25) is 9.59 Å². The first kappa shape index (κ1) is 19.9. The number of ether oxygens (including phenoxy) is 2. The van der Waals surface area contributed by atoms with Crippen LogP contribution in [-0.4, -0.2) is 24.6 Å².